The lowest BCUT2D eigenvalue weighted by Gasteiger charge is -2.32. The highest BCUT2D eigenvalue weighted by molar-refractivity contribution is 5.30. The van der Waals surface area contributed by atoms with Crippen LogP contribution in [0.1, 0.15) is 37.3 Å². The van der Waals surface area contributed by atoms with Crippen molar-refractivity contribution < 1.29 is 0 Å². The van der Waals surface area contributed by atoms with Crippen LogP contribution in [-0.2, 0) is 12.8 Å². The molecule has 2 atom stereocenters. The fourth-order valence-electron chi connectivity index (χ4n) is 3.02. The van der Waals surface area contributed by atoms with E-state index >= 15 is 0 Å². The number of fused-ring (bicyclic) bond motifs is 1. The van der Waals surface area contributed by atoms with Crippen LogP contribution in [0, 0.1) is 5.92 Å². The van der Waals surface area contributed by atoms with Gasteiger partial charge in [-0.2, -0.15) is 0 Å². The van der Waals surface area contributed by atoms with Crippen LogP contribution in [0.5, 0.6) is 0 Å². The van der Waals surface area contributed by atoms with Crippen LogP contribution in [-0.4, -0.2) is 12.6 Å². The van der Waals surface area contributed by atoms with Crippen LogP contribution in [0.2, 0.25) is 0 Å². The molecular weight excluding hydrogens is 218 g/mol. The average molecular weight is 243 g/mol. The summed E-state index contributed by atoms with van der Waals surface area (Å²) in [5.41, 5.74) is 3.11. The van der Waals surface area contributed by atoms with Gasteiger partial charge in [0.05, 0.1) is 0 Å². The van der Waals surface area contributed by atoms with Crippen LogP contribution >= 0.6 is 0 Å². The standard InChI is InChI=1S/C17H25N/c1-3-7-17(18-12-4-2)16-11-10-14-8-5-6-9-15(14)13-16/h3,5-6,8-9,16-18H,1,4,7,10-13H2,2H3. The van der Waals surface area contributed by atoms with E-state index in [1.807, 2.05) is 0 Å². The maximum Gasteiger partial charge on any atom is 0.0133 e. The topological polar surface area (TPSA) is 12.0 Å². The fourth-order valence-corrected chi connectivity index (χ4v) is 3.02. The summed E-state index contributed by atoms with van der Waals surface area (Å²) in [5, 5.41) is 3.70. The first kappa shape index (κ1) is 13.4. The Morgan fingerprint density at radius 1 is 1.39 bits per heavy atom. The van der Waals surface area contributed by atoms with E-state index in [9.17, 15) is 0 Å². The fraction of sp³-hybridized carbons (Fsp3) is 0.529. The monoisotopic (exact) mass is 243 g/mol. The molecule has 1 aliphatic carbocycles. The zero-order valence-electron chi connectivity index (χ0n) is 11.5. The maximum atomic E-state index is 3.91. The Bertz CT molecular complexity index is 383. The summed E-state index contributed by atoms with van der Waals surface area (Å²) >= 11 is 0. The van der Waals surface area contributed by atoms with Crippen LogP contribution in [0.25, 0.3) is 0 Å². The van der Waals surface area contributed by atoms with Crippen molar-refractivity contribution in [1.29, 1.82) is 0 Å². The zero-order valence-corrected chi connectivity index (χ0v) is 11.5. The predicted octanol–water partition coefficient (Wildman–Crippen LogP) is 3.74. The van der Waals surface area contributed by atoms with Gasteiger partial charge < -0.3 is 5.32 Å². The Morgan fingerprint density at radius 2 is 2.17 bits per heavy atom. The summed E-state index contributed by atoms with van der Waals surface area (Å²) in [6.45, 7) is 7.26. The van der Waals surface area contributed by atoms with Gasteiger partial charge in [0.25, 0.3) is 0 Å². The van der Waals surface area contributed by atoms with Gasteiger partial charge in [0, 0.05) is 6.04 Å². The summed E-state index contributed by atoms with van der Waals surface area (Å²) in [7, 11) is 0. The highest BCUT2D eigenvalue weighted by atomic mass is 14.9. The van der Waals surface area contributed by atoms with E-state index in [-0.39, 0.29) is 0 Å². The van der Waals surface area contributed by atoms with Gasteiger partial charge in [-0.05, 0) is 55.7 Å². The lowest BCUT2D eigenvalue weighted by atomic mass is 9.79. The number of benzene rings is 1. The molecule has 0 aromatic heterocycles. The highest BCUT2D eigenvalue weighted by Gasteiger charge is 2.24. The van der Waals surface area contributed by atoms with Gasteiger partial charge in [0.1, 0.15) is 0 Å². The quantitative estimate of drug-likeness (QED) is 0.751. The second-order valence-corrected chi connectivity index (χ2v) is 5.36. The van der Waals surface area contributed by atoms with E-state index in [1.165, 1.54) is 25.7 Å². The van der Waals surface area contributed by atoms with E-state index in [1.54, 1.807) is 11.1 Å². The number of nitrogens with one attached hydrogen (secondary N) is 1. The van der Waals surface area contributed by atoms with E-state index < -0.39 is 0 Å². The third kappa shape index (κ3) is 3.23. The van der Waals surface area contributed by atoms with Gasteiger partial charge in [-0.1, -0.05) is 37.3 Å². The second kappa shape index (κ2) is 6.75. The largest absolute Gasteiger partial charge is 0.313 e. The Hall–Kier alpha value is -1.08. The average Bonchev–Trinajstić information content (AvgIpc) is 2.43. The molecule has 1 heteroatoms. The number of aryl methyl sites for hydroxylation is 1. The van der Waals surface area contributed by atoms with Gasteiger partial charge in [-0.15, -0.1) is 6.58 Å². The van der Waals surface area contributed by atoms with Crippen LogP contribution < -0.4 is 5.32 Å². The van der Waals surface area contributed by atoms with Crippen molar-refractivity contribution in [2.75, 3.05) is 6.54 Å². The van der Waals surface area contributed by atoms with E-state index in [0.29, 0.717) is 6.04 Å². The first-order valence-electron chi connectivity index (χ1n) is 7.26. The lowest BCUT2D eigenvalue weighted by Crippen LogP contribution is -2.39. The molecule has 2 unspecified atom stereocenters. The molecule has 0 heterocycles. The molecule has 0 saturated carbocycles. The van der Waals surface area contributed by atoms with Crippen molar-refractivity contribution in [3.63, 3.8) is 0 Å². The molecule has 1 nitrogen and oxygen atoms in total. The molecule has 98 valence electrons. The minimum atomic E-state index is 0.607. The van der Waals surface area contributed by atoms with Crippen molar-refractivity contribution >= 4 is 0 Å². The van der Waals surface area contributed by atoms with Crippen molar-refractivity contribution in [1.82, 2.24) is 5.32 Å². The Labute approximate surface area is 111 Å². The van der Waals surface area contributed by atoms with E-state index in [4.69, 9.17) is 0 Å². The molecule has 1 aliphatic rings. The molecule has 0 bridgehead atoms. The zero-order chi connectivity index (χ0) is 12.8. The third-order valence-corrected chi connectivity index (χ3v) is 4.03. The van der Waals surface area contributed by atoms with E-state index in [2.05, 4.69) is 49.2 Å². The van der Waals surface area contributed by atoms with Gasteiger partial charge in [-0.25, -0.2) is 0 Å². The van der Waals surface area contributed by atoms with Gasteiger partial charge in [-0.3, -0.25) is 0 Å². The summed E-state index contributed by atoms with van der Waals surface area (Å²) < 4.78 is 0. The first-order chi connectivity index (χ1) is 8.85. The van der Waals surface area contributed by atoms with Crippen LogP contribution in [0.15, 0.2) is 36.9 Å². The Kier molecular flexibility index (Phi) is 5.00. The Morgan fingerprint density at radius 3 is 2.89 bits per heavy atom. The smallest absolute Gasteiger partial charge is 0.0133 e. The summed E-state index contributed by atoms with van der Waals surface area (Å²) in [6.07, 6.45) is 8.14. The van der Waals surface area contributed by atoms with Gasteiger partial charge in [0.2, 0.25) is 0 Å². The van der Waals surface area contributed by atoms with Crippen molar-refractivity contribution in [3.05, 3.63) is 48.0 Å². The van der Waals surface area contributed by atoms with Crippen LogP contribution in [0.3, 0.4) is 0 Å². The highest BCUT2D eigenvalue weighted by Crippen LogP contribution is 2.28. The molecule has 0 saturated heterocycles. The van der Waals surface area contributed by atoms with Crippen LogP contribution in [0.4, 0.5) is 0 Å². The minimum Gasteiger partial charge on any atom is -0.313 e. The number of hydrogen-bond acceptors (Lipinski definition) is 1. The molecule has 18 heavy (non-hydrogen) atoms. The third-order valence-electron chi connectivity index (χ3n) is 4.03. The second-order valence-electron chi connectivity index (χ2n) is 5.36. The number of rotatable bonds is 6. The summed E-state index contributed by atoms with van der Waals surface area (Å²) in [4.78, 5) is 0. The number of hydrogen-bond donors (Lipinski definition) is 1. The normalized spacial score (nSPS) is 20.2. The Balaban J connectivity index is 2.02. The van der Waals surface area contributed by atoms with Crippen molar-refractivity contribution in [3.8, 4) is 0 Å². The molecule has 0 radical (unpaired) electrons. The molecule has 0 aliphatic heterocycles. The summed E-state index contributed by atoms with van der Waals surface area (Å²) in [5.74, 6) is 0.768. The molecule has 0 spiro atoms. The van der Waals surface area contributed by atoms with E-state index in [0.717, 1.165) is 18.9 Å². The van der Waals surface area contributed by atoms with Gasteiger partial charge in [0.15, 0.2) is 0 Å². The van der Waals surface area contributed by atoms with Gasteiger partial charge >= 0.3 is 0 Å². The first-order valence-corrected chi connectivity index (χ1v) is 7.26. The molecule has 2 rings (SSSR count). The molecule has 0 fully saturated rings. The van der Waals surface area contributed by atoms with Crippen molar-refractivity contribution in [2.45, 2.75) is 45.1 Å². The molecule has 0 amide bonds. The molecular formula is C17H25N. The summed E-state index contributed by atoms with van der Waals surface area (Å²) in [6, 6.07) is 9.52. The SMILES string of the molecule is C=CCC(NCCC)C1CCc2ccccc2C1. The molecule has 1 aromatic carbocycles. The molecule has 1 aromatic rings. The predicted molar refractivity (Wildman–Crippen MR) is 78.9 cm³/mol. The maximum absolute atomic E-state index is 3.91. The lowest BCUT2D eigenvalue weighted by molar-refractivity contribution is 0.321. The van der Waals surface area contributed by atoms with Crippen molar-refractivity contribution in [2.24, 2.45) is 5.92 Å². The molecule has 1 N–H and O–H groups in total. The minimum absolute atomic E-state index is 0.607.